The Morgan fingerprint density at radius 3 is 2.05 bits per heavy atom. The van der Waals surface area contributed by atoms with Crippen molar-refractivity contribution < 1.29 is 5.11 Å². The van der Waals surface area contributed by atoms with Crippen molar-refractivity contribution in [3.63, 3.8) is 0 Å². The van der Waals surface area contributed by atoms with Crippen molar-refractivity contribution >= 4 is 5.69 Å². The molecule has 0 aliphatic rings. The number of aromatic hydroxyl groups is 1. The predicted octanol–water partition coefficient (Wildman–Crippen LogP) is 1.71. The first-order chi connectivity index (χ1) is 9.08. The summed E-state index contributed by atoms with van der Waals surface area (Å²) in [5, 5.41) is 12.3. The van der Waals surface area contributed by atoms with E-state index < -0.39 is 22.8 Å². The van der Waals surface area contributed by atoms with E-state index in [9.17, 15) is 19.6 Å². The second-order valence-electron chi connectivity index (χ2n) is 4.36. The SMILES string of the molecule is CCCCn1c(O)c(N=O)c(=O)n(CCCC)c1=O. The molecule has 0 amide bonds. The quantitative estimate of drug-likeness (QED) is 0.762. The van der Waals surface area contributed by atoms with Crippen LogP contribution in [0.4, 0.5) is 5.69 Å². The van der Waals surface area contributed by atoms with Crippen molar-refractivity contribution in [2.45, 2.75) is 52.6 Å². The molecule has 106 valence electrons. The Labute approximate surface area is 110 Å². The van der Waals surface area contributed by atoms with Gasteiger partial charge in [-0.25, -0.2) is 4.79 Å². The maximum atomic E-state index is 12.1. The molecule has 7 nitrogen and oxygen atoms in total. The lowest BCUT2D eigenvalue weighted by atomic mass is 10.3. The van der Waals surface area contributed by atoms with Gasteiger partial charge in [-0.2, -0.15) is 0 Å². The summed E-state index contributed by atoms with van der Waals surface area (Å²) in [6.45, 7) is 4.35. The lowest BCUT2D eigenvalue weighted by Gasteiger charge is -2.12. The summed E-state index contributed by atoms with van der Waals surface area (Å²) in [4.78, 5) is 34.7. The molecule has 1 aromatic rings. The fourth-order valence-electron chi connectivity index (χ4n) is 1.79. The summed E-state index contributed by atoms with van der Waals surface area (Å²) >= 11 is 0. The Hall–Kier alpha value is -1.92. The molecule has 0 aliphatic carbocycles. The van der Waals surface area contributed by atoms with E-state index in [1.54, 1.807) is 0 Å². The highest BCUT2D eigenvalue weighted by atomic mass is 16.3. The van der Waals surface area contributed by atoms with Crippen LogP contribution in [0.2, 0.25) is 0 Å². The molecule has 0 saturated heterocycles. The molecule has 0 bridgehead atoms. The van der Waals surface area contributed by atoms with Crippen LogP contribution in [0, 0.1) is 4.91 Å². The van der Waals surface area contributed by atoms with Gasteiger partial charge in [0.2, 0.25) is 11.6 Å². The first kappa shape index (κ1) is 15.1. The van der Waals surface area contributed by atoms with Gasteiger partial charge in [0.15, 0.2) is 0 Å². The second-order valence-corrected chi connectivity index (χ2v) is 4.36. The van der Waals surface area contributed by atoms with Crippen LogP contribution in [0.15, 0.2) is 14.8 Å². The van der Waals surface area contributed by atoms with Gasteiger partial charge in [0.25, 0.3) is 5.56 Å². The van der Waals surface area contributed by atoms with E-state index in [0.29, 0.717) is 12.8 Å². The Morgan fingerprint density at radius 1 is 1.05 bits per heavy atom. The van der Waals surface area contributed by atoms with Gasteiger partial charge in [-0.05, 0) is 18.0 Å². The maximum Gasteiger partial charge on any atom is 0.333 e. The third kappa shape index (κ3) is 3.10. The number of nitrogens with zero attached hydrogens (tertiary/aromatic N) is 3. The highest BCUT2D eigenvalue weighted by Gasteiger charge is 2.18. The van der Waals surface area contributed by atoms with E-state index in [1.165, 1.54) is 0 Å². The second kappa shape index (κ2) is 6.86. The van der Waals surface area contributed by atoms with Crippen molar-refractivity contribution in [1.82, 2.24) is 9.13 Å². The van der Waals surface area contributed by atoms with Crippen LogP contribution in [-0.2, 0) is 13.1 Å². The van der Waals surface area contributed by atoms with Crippen molar-refractivity contribution in [3.05, 3.63) is 25.7 Å². The third-order valence-electron chi connectivity index (χ3n) is 2.94. The van der Waals surface area contributed by atoms with E-state index in [4.69, 9.17) is 0 Å². The lowest BCUT2D eigenvalue weighted by Crippen LogP contribution is -2.39. The number of hydrogen-bond acceptors (Lipinski definition) is 5. The molecule has 0 spiro atoms. The molecule has 0 unspecified atom stereocenters. The summed E-state index contributed by atoms with van der Waals surface area (Å²) in [5.74, 6) is -0.633. The topological polar surface area (TPSA) is 93.7 Å². The maximum absolute atomic E-state index is 12.1. The Kier molecular flexibility index (Phi) is 5.47. The van der Waals surface area contributed by atoms with Gasteiger partial charge in [-0.15, -0.1) is 4.91 Å². The van der Waals surface area contributed by atoms with E-state index in [2.05, 4.69) is 5.18 Å². The van der Waals surface area contributed by atoms with Gasteiger partial charge >= 0.3 is 5.69 Å². The zero-order chi connectivity index (χ0) is 14.4. The highest BCUT2D eigenvalue weighted by Crippen LogP contribution is 2.19. The largest absolute Gasteiger partial charge is 0.493 e. The van der Waals surface area contributed by atoms with Crippen LogP contribution in [0.5, 0.6) is 5.88 Å². The average Bonchev–Trinajstić information content (AvgIpc) is 2.39. The van der Waals surface area contributed by atoms with Gasteiger partial charge < -0.3 is 5.11 Å². The predicted molar refractivity (Wildman–Crippen MR) is 71.9 cm³/mol. The van der Waals surface area contributed by atoms with Crippen molar-refractivity contribution in [2.75, 3.05) is 0 Å². The molecule has 0 aliphatic heterocycles. The van der Waals surface area contributed by atoms with Crippen LogP contribution in [-0.4, -0.2) is 14.2 Å². The van der Waals surface area contributed by atoms with Gasteiger partial charge in [-0.3, -0.25) is 13.9 Å². The first-order valence-corrected chi connectivity index (χ1v) is 6.48. The van der Waals surface area contributed by atoms with Gasteiger partial charge in [0, 0.05) is 13.1 Å². The minimum atomic E-state index is -0.821. The van der Waals surface area contributed by atoms with Crippen LogP contribution < -0.4 is 11.2 Å². The zero-order valence-electron chi connectivity index (χ0n) is 11.3. The molecule has 1 heterocycles. The third-order valence-corrected chi connectivity index (χ3v) is 2.94. The molecule has 19 heavy (non-hydrogen) atoms. The molecule has 1 aromatic heterocycles. The number of unbranched alkanes of at least 4 members (excludes halogenated alkanes) is 2. The highest BCUT2D eigenvalue weighted by molar-refractivity contribution is 5.44. The minimum absolute atomic E-state index is 0.225. The van der Waals surface area contributed by atoms with Crippen molar-refractivity contribution in [1.29, 1.82) is 0 Å². The molecule has 0 atom stereocenters. The summed E-state index contributed by atoms with van der Waals surface area (Å²) in [5.41, 5.74) is -2.00. The lowest BCUT2D eigenvalue weighted by molar-refractivity contribution is 0.384. The molecule has 1 N–H and O–H groups in total. The Morgan fingerprint density at radius 2 is 1.58 bits per heavy atom. The van der Waals surface area contributed by atoms with Gasteiger partial charge in [-0.1, -0.05) is 26.7 Å². The van der Waals surface area contributed by atoms with E-state index in [-0.39, 0.29) is 13.1 Å². The van der Waals surface area contributed by atoms with Gasteiger partial charge in [0.05, 0.1) is 0 Å². The molecular formula is C12H19N3O4. The van der Waals surface area contributed by atoms with Crippen LogP contribution >= 0.6 is 0 Å². The molecule has 1 rings (SSSR count). The van der Waals surface area contributed by atoms with Crippen molar-refractivity contribution in [3.8, 4) is 5.88 Å². The Balaban J connectivity index is 3.42. The number of aromatic nitrogens is 2. The summed E-state index contributed by atoms with van der Waals surface area (Å²) in [7, 11) is 0. The Bertz CT molecular complexity index is 559. The molecular weight excluding hydrogens is 250 g/mol. The monoisotopic (exact) mass is 269 g/mol. The normalized spacial score (nSPS) is 10.6. The molecule has 0 fully saturated rings. The standard InChI is InChI=1S/C12H19N3O4/c1-3-5-7-14-10(16)9(13-19)11(17)15(12(14)18)8-6-4-2/h16H,3-8H2,1-2H3. The minimum Gasteiger partial charge on any atom is -0.493 e. The summed E-state index contributed by atoms with van der Waals surface area (Å²) in [6, 6.07) is 0. The van der Waals surface area contributed by atoms with E-state index >= 15 is 0 Å². The zero-order valence-corrected chi connectivity index (χ0v) is 11.3. The molecule has 0 saturated carbocycles. The smallest absolute Gasteiger partial charge is 0.333 e. The number of hydrogen-bond donors (Lipinski definition) is 1. The van der Waals surface area contributed by atoms with Crippen LogP contribution in [0.1, 0.15) is 39.5 Å². The van der Waals surface area contributed by atoms with E-state index in [1.807, 2.05) is 13.8 Å². The summed E-state index contributed by atoms with van der Waals surface area (Å²) < 4.78 is 2.01. The number of nitroso groups, excluding NO2 is 1. The first-order valence-electron chi connectivity index (χ1n) is 6.48. The van der Waals surface area contributed by atoms with E-state index in [0.717, 1.165) is 22.0 Å². The number of rotatable bonds is 7. The van der Waals surface area contributed by atoms with Crippen molar-refractivity contribution in [2.24, 2.45) is 5.18 Å². The fourth-order valence-corrected chi connectivity index (χ4v) is 1.79. The van der Waals surface area contributed by atoms with Gasteiger partial charge in [0.1, 0.15) is 0 Å². The molecule has 0 aromatic carbocycles. The van der Waals surface area contributed by atoms with Crippen LogP contribution in [0.25, 0.3) is 0 Å². The fraction of sp³-hybridized carbons (Fsp3) is 0.667. The molecule has 7 heteroatoms. The molecule has 0 radical (unpaired) electrons. The summed E-state index contributed by atoms with van der Waals surface area (Å²) in [6.07, 6.45) is 2.94. The van der Waals surface area contributed by atoms with Crippen LogP contribution in [0.3, 0.4) is 0 Å². The average molecular weight is 269 g/mol.